The van der Waals surface area contributed by atoms with Crippen molar-refractivity contribution >= 4 is 0 Å². The van der Waals surface area contributed by atoms with Crippen LogP contribution in [0.2, 0.25) is 0 Å². The minimum absolute atomic E-state index is 0.325. The van der Waals surface area contributed by atoms with E-state index in [1.807, 2.05) is 60.7 Å². The van der Waals surface area contributed by atoms with E-state index in [-0.39, 0.29) is 6.10 Å². The third-order valence-corrected chi connectivity index (χ3v) is 4.20. The Morgan fingerprint density at radius 2 is 1.52 bits per heavy atom. The van der Waals surface area contributed by atoms with Gasteiger partial charge in [0.25, 0.3) is 0 Å². The van der Waals surface area contributed by atoms with E-state index < -0.39 is 18.5 Å². The first kappa shape index (κ1) is 18.0. The number of hydrogen-bond acceptors (Lipinski definition) is 5. The molecule has 5 nitrogen and oxygen atoms in total. The zero-order chi connectivity index (χ0) is 17.5. The van der Waals surface area contributed by atoms with Gasteiger partial charge in [-0.2, -0.15) is 0 Å². The average molecular weight is 344 g/mol. The van der Waals surface area contributed by atoms with Crippen molar-refractivity contribution in [1.29, 1.82) is 0 Å². The predicted molar refractivity (Wildman–Crippen MR) is 92.8 cm³/mol. The van der Waals surface area contributed by atoms with Gasteiger partial charge in [-0.1, -0.05) is 60.7 Å². The van der Waals surface area contributed by atoms with E-state index >= 15 is 0 Å². The molecule has 5 heteroatoms. The van der Waals surface area contributed by atoms with Crippen LogP contribution in [0.4, 0.5) is 0 Å². The third kappa shape index (κ3) is 4.87. The second-order valence-electron chi connectivity index (χ2n) is 6.03. The molecule has 0 radical (unpaired) electrons. The Balaban J connectivity index is 1.55. The van der Waals surface area contributed by atoms with Crippen LogP contribution >= 0.6 is 0 Å². The number of hydrogen-bond donors (Lipinski definition) is 1. The summed E-state index contributed by atoms with van der Waals surface area (Å²) in [6, 6.07) is 19.8. The molecule has 0 bridgehead atoms. The summed E-state index contributed by atoms with van der Waals surface area (Å²) in [5.41, 5.74) is 2.13. The van der Waals surface area contributed by atoms with Crippen LogP contribution in [0.1, 0.15) is 11.1 Å². The minimum Gasteiger partial charge on any atom is -0.385 e. The molecular weight excluding hydrogens is 320 g/mol. The molecule has 1 aliphatic rings. The molecule has 1 saturated heterocycles. The van der Waals surface area contributed by atoms with Gasteiger partial charge in [-0.05, 0) is 11.1 Å². The summed E-state index contributed by atoms with van der Waals surface area (Å²) < 4.78 is 22.6. The highest BCUT2D eigenvalue weighted by Gasteiger charge is 2.44. The Morgan fingerprint density at radius 1 is 0.920 bits per heavy atom. The lowest BCUT2D eigenvalue weighted by Crippen LogP contribution is -2.37. The summed E-state index contributed by atoms with van der Waals surface area (Å²) in [5.74, 6) is 0. The SMILES string of the molecule is COC1O[C@@H](COCc2ccccc2)[C@H](OCc2ccccc2)[C@H]1O. The first-order chi connectivity index (χ1) is 12.3. The molecule has 1 fully saturated rings. The zero-order valence-electron chi connectivity index (χ0n) is 14.3. The van der Waals surface area contributed by atoms with Crippen LogP contribution in [-0.4, -0.2) is 43.4 Å². The van der Waals surface area contributed by atoms with Gasteiger partial charge in [0.15, 0.2) is 6.29 Å². The normalized spacial score (nSPS) is 26.0. The van der Waals surface area contributed by atoms with Gasteiger partial charge >= 0.3 is 0 Å². The van der Waals surface area contributed by atoms with E-state index in [4.69, 9.17) is 18.9 Å². The van der Waals surface area contributed by atoms with Crippen molar-refractivity contribution in [2.75, 3.05) is 13.7 Å². The monoisotopic (exact) mass is 344 g/mol. The number of benzene rings is 2. The van der Waals surface area contributed by atoms with Gasteiger partial charge in [-0.25, -0.2) is 0 Å². The summed E-state index contributed by atoms with van der Waals surface area (Å²) in [6.07, 6.45) is -2.43. The number of aliphatic hydroxyl groups excluding tert-OH is 1. The van der Waals surface area contributed by atoms with Crippen molar-refractivity contribution in [3.05, 3.63) is 71.8 Å². The number of rotatable bonds is 8. The maximum absolute atomic E-state index is 10.4. The molecule has 0 saturated carbocycles. The molecular formula is C20H24O5. The van der Waals surface area contributed by atoms with Crippen LogP contribution in [0, 0.1) is 0 Å². The molecule has 25 heavy (non-hydrogen) atoms. The van der Waals surface area contributed by atoms with E-state index in [0.29, 0.717) is 19.8 Å². The van der Waals surface area contributed by atoms with Crippen molar-refractivity contribution in [1.82, 2.24) is 0 Å². The number of ether oxygens (including phenoxy) is 4. The minimum atomic E-state index is -0.848. The van der Waals surface area contributed by atoms with Crippen molar-refractivity contribution in [3.63, 3.8) is 0 Å². The number of methoxy groups -OCH3 is 1. The average Bonchev–Trinajstić information content (AvgIpc) is 2.97. The zero-order valence-corrected chi connectivity index (χ0v) is 14.3. The van der Waals surface area contributed by atoms with E-state index in [1.165, 1.54) is 7.11 Å². The van der Waals surface area contributed by atoms with E-state index in [0.717, 1.165) is 11.1 Å². The predicted octanol–water partition coefficient (Wildman–Crippen LogP) is 2.52. The van der Waals surface area contributed by atoms with Crippen LogP contribution in [0.25, 0.3) is 0 Å². The molecule has 0 spiro atoms. The first-order valence-electron chi connectivity index (χ1n) is 8.41. The molecule has 134 valence electrons. The fourth-order valence-electron chi connectivity index (χ4n) is 2.87. The lowest BCUT2D eigenvalue weighted by Gasteiger charge is -2.20. The molecule has 4 atom stereocenters. The largest absolute Gasteiger partial charge is 0.385 e. The van der Waals surface area contributed by atoms with Gasteiger partial charge in [0.2, 0.25) is 0 Å². The van der Waals surface area contributed by atoms with E-state index in [2.05, 4.69) is 0 Å². The molecule has 0 amide bonds. The second-order valence-corrected chi connectivity index (χ2v) is 6.03. The third-order valence-electron chi connectivity index (χ3n) is 4.20. The highest BCUT2D eigenvalue weighted by atomic mass is 16.7. The molecule has 1 unspecified atom stereocenters. The van der Waals surface area contributed by atoms with E-state index in [9.17, 15) is 5.11 Å². The van der Waals surface area contributed by atoms with Crippen LogP contribution in [-0.2, 0) is 32.2 Å². The van der Waals surface area contributed by atoms with Crippen LogP contribution in [0.3, 0.4) is 0 Å². The van der Waals surface area contributed by atoms with Gasteiger partial charge in [0, 0.05) is 7.11 Å². The molecule has 1 aliphatic heterocycles. The second kappa shape index (κ2) is 9.08. The Hall–Kier alpha value is -1.76. The Kier molecular flexibility index (Phi) is 6.55. The van der Waals surface area contributed by atoms with E-state index in [1.54, 1.807) is 0 Å². The topological polar surface area (TPSA) is 57.2 Å². The maximum atomic E-state index is 10.4. The summed E-state index contributed by atoms with van der Waals surface area (Å²) in [5, 5.41) is 10.4. The summed E-state index contributed by atoms with van der Waals surface area (Å²) in [7, 11) is 1.51. The van der Waals surface area contributed by atoms with Gasteiger partial charge < -0.3 is 24.1 Å². The van der Waals surface area contributed by atoms with Crippen LogP contribution in [0.15, 0.2) is 60.7 Å². The maximum Gasteiger partial charge on any atom is 0.186 e. The molecule has 1 heterocycles. The summed E-state index contributed by atoms with van der Waals surface area (Å²) in [6.45, 7) is 1.21. The highest BCUT2D eigenvalue weighted by molar-refractivity contribution is 5.14. The standard InChI is InChI=1S/C20H24O5/c1-22-20-18(21)19(24-13-16-10-6-3-7-11-16)17(25-20)14-23-12-15-8-4-2-5-9-15/h2-11,17-21H,12-14H2,1H3/t17-,18+,19-,20?/m0/s1. The quantitative estimate of drug-likeness (QED) is 0.797. The van der Waals surface area contributed by atoms with Gasteiger partial charge in [0.05, 0.1) is 19.8 Å². The number of aliphatic hydroxyl groups is 1. The van der Waals surface area contributed by atoms with Crippen molar-refractivity contribution < 1.29 is 24.1 Å². The van der Waals surface area contributed by atoms with Crippen molar-refractivity contribution in [2.24, 2.45) is 0 Å². The molecule has 0 aromatic heterocycles. The fourth-order valence-corrected chi connectivity index (χ4v) is 2.87. The molecule has 2 aromatic rings. The molecule has 3 rings (SSSR count). The summed E-state index contributed by atoms with van der Waals surface area (Å²) >= 11 is 0. The Morgan fingerprint density at radius 3 is 2.12 bits per heavy atom. The van der Waals surface area contributed by atoms with Crippen LogP contribution < -0.4 is 0 Å². The Labute approximate surface area is 148 Å². The van der Waals surface area contributed by atoms with Crippen LogP contribution in [0.5, 0.6) is 0 Å². The lowest BCUT2D eigenvalue weighted by atomic mass is 10.1. The van der Waals surface area contributed by atoms with Gasteiger partial charge in [-0.3, -0.25) is 0 Å². The summed E-state index contributed by atoms with van der Waals surface area (Å²) in [4.78, 5) is 0. The lowest BCUT2D eigenvalue weighted by molar-refractivity contribution is -0.156. The van der Waals surface area contributed by atoms with Gasteiger partial charge in [-0.15, -0.1) is 0 Å². The molecule has 0 aliphatic carbocycles. The Bertz CT molecular complexity index is 618. The van der Waals surface area contributed by atoms with Crippen molar-refractivity contribution in [2.45, 2.75) is 37.8 Å². The van der Waals surface area contributed by atoms with Gasteiger partial charge in [0.1, 0.15) is 18.3 Å². The molecule has 1 N–H and O–H groups in total. The first-order valence-corrected chi connectivity index (χ1v) is 8.41. The molecule has 2 aromatic carbocycles. The highest BCUT2D eigenvalue weighted by Crippen LogP contribution is 2.26. The smallest absolute Gasteiger partial charge is 0.186 e. The fraction of sp³-hybridized carbons (Fsp3) is 0.400. The van der Waals surface area contributed by atoms with Crippen molar-refractivity contribution in [3.8, 4) is 0 Å².